The zero-order valence-electron chi connectivity index (χ0n) is 10.3. The predicted molar refractivity (Wildman–Crippen MR) is 80.6 cm³/mol. The Kier molecular flexibility index (Phi) is 4.28. The van der Waals surface area contributed by atoms with Crippen molar-refractivity contribution in [1.82, 2.24) is 4.98 Å². The summed E-state index contributed by atoms with van der Waals surface area (Å²) in [6.07, 6.45) is 5.40. The van der Waals surface area contributed by atoms with Gasteiger partial charge in [0.25, 0.3) is 5.91 Å². The van der Waals surface area contributed by atoms with Crippen LogP contribution < -0.4 is 16.8 Å². The number of amides is 1. The summed E-state index contributed by atoms with van der Waals surface area (Å²) in [5.74, 6) is -0.491. The number of nitrogen functional groups attached to an aromatic ring is 1. The van der Waals surface area contributed by atoms with Crippen LogP contribution in [0.15, 0.2) is 29.4 Å². The number of nitrogens with two attached hydrogens (primary N) is 2. The molecule has 0 unspecified atom stereocenters. The first kappa shape index (κ1) is 13.7. The highest BCUT2D eigenvalue weighted by atomic mass is 32.2. The number of carbonyl (C=O) groups is 1. The average molecular weight is 294 g/mol. The Morgan fingerprint density at radius 3 is 2.74 bits per heavy atom. The Morgan fingerprint density at radius 2 is 2.16 bits per heavy atom. The van der Waals surface area contributed by atoms with Crippen LogP contribution in [-0.2, 0) is 6.54 Å². The molecule has 2 rings (SSSR count). The smallest absolute Gasteiger partial charge is 0.261 e. The number of hydrogen-bond donors (Lipinski definition) is 3. The summed E-state index contributed by atoms with van der Waals surface area (Å²) in [7, 11) is 0. The maximum absolute atomic E-state index is 11.3. The van der Waals surface area contributed by atoms with Crippen molar-refractivity contribution < 1.29 is 4.79 Å². The summed E-state index contributed by atoms with van der Waals surface area (Å²) < 4.78 is 0. The lowest BCUT2D eigenvalue weighted by Crippen LogP contribution is -2.10. The van der Waals surface area contributed by atoms with Crippen LogP contribution in [0.3, 0.4) is 0 Å². The molecule has 2 aromatic heterocycles. The zero-order valence-corrected chi connectivity index (χ0v) is 12.0. The van der Waals surface area contributed by atoms with Gasteiger partial charge in [0.15, 0.2) is 0 Å². The number of thioether (sulfide) groups is 1. The van der Waals surface area contributed by atoms with E-state index in [9.17, 15) is 4.79 Å². The first-order valence-electron chi connectivity index (χ1n) is 5.52. The highest BCUT2D eigenvalue weighted by Crippen LogP contribution is 2.41. The molecule has 5 N–H and O–H groups in total. The minimum absolute atomic E-state index is 0.404. The molecular formula is C12H14N4OS2. The van der Waals surface area contributed by atoms with Gasteiger partial charge in [0.05, 0.1) is 10.6 Å². The lowest BCUT2D eigenvalue weighted by Gasteiger charge is -2.06. The monoisotopic (exact) mass is 294 g/mol. The quantitative estimate of drug-likeness (QED) is 0.735. The third-order valence-corrected chi connectivity index (χ3v) is 4.67. The number of nitrogens with zero attached hydrogens (tertiary/aromatic N) is 1. The molecule has 100 valence electrons. The lowest BCUT2D eigenvalue weighted by molar-refractivity contribution is 0.100. The molecule has 19 heavy (non-hydrogen) atoms. The zero-order chi connectivity index (χ0) is 13.8. The van der Waals surface area contributed by atoms with Crippen LogP contribution in [0, 0.1) is 0 Å². The van der Waals surface area contributed by atoms with Crippen molar-refractivity contribution in [2.75, 3.05) is 17.3 Å². The van der Waals surface area contributed by atoms with Crippen LogP contribution in [0.2, 0.25) is 0 Å². The van der Waals surface area contributed by atoms with E-state index in [4.69, 9.17) is 11.5 Å². The van der Waals surface area contributed by atoms with Gasteiger partial charge in [0, 0.05) is 18.9 Å². The molecule has 0 radical (unpaired) electrons. The predicted octanol–water partition coefficient (Wildman–Crippen LogP) is 2.16. The standard InChI is InChI=1S/C12H14N4OS2/c1-18-10-8(13)9(11(14)17)19-12(10)16-6-7-2-4-15-5-3-7/h2-5,16H,6,13H2,1H3,(H2,14,17). The van der Waals surface area contributed by atoms with E-state index in [1.54, 1.807) is 12.4 Å². The third-order valence-electron chi connectivity index (χ3n) is 2.53. The molecular weight excluding hydrogens is 280 g/mol. The topological polar surface area (TPSA) is 94.0 Å². The summed E-state index contributed by atoms with van der Waals surface area (Å²) in [6, 6.07) is 3.86. The molecule has 1 amide bonds. The Balaban J connectivity index is 2.20. The second-order valence-electron chi connectivity index (χ2n) is 3.78. The molecule has 0 saturated heterocycles. The number of rotatable bonds is 5. The van der Waals surface area contributed by atoms with E-state index in [2.05, 4.69) is 10.3 Å². The normalized spacial score (nSPS) is 10.4. The molecule has 0 aliphatic rings. The van der Waals surface area contributed by atoms with E-state index in [0.29, 0.717) is 17.1 Å². The number of primary amides is 1. The van der Waals surface area contributed by atoms with E-state index in [1.807, 2.05) is 18.4 Å². The molecule has 0 spiro atoms. The molecule has 0 fully saturated rings. The van der Waals surface area contributed by atoms with Crippen molar-refractivity contribution in [3.8, 4) is 0 Å². The van der Waals surface area contributed by atoms with Crippen molar-refractivity contribution in [1.29, 1.82) is 0 Å². The second kappa shape index (κ2) is 5.94. The Labute approximate surface area is 119 Å². The molecule has 0 atom stereocenters. The lowest BCUT2D eigenvalue weighted by atomic mass is 10.3. The molecule has 2 heterocycles. The van der Waals surface area contributed by atoms with Crippen molar-refractivity contribution >= 4 is 39.7 Å². The maximum Gasteiger partial charge on any atom is 0.261 e. The highest BCUT2D eigenvalue weighted by molar-refractivity contribution is 7.99. The molecule has 0 aliphatic carbocycles. The SMILES string of the molecule is CSc1c(NCc2ccncc2)sc(C(N)=O)c1N. The van der Waals surface area contributed by atoms with Crippen molar-refractivity contribution in [3.63, 3.8) is 0 Å². The number of thiophene rings is 1. The largest absolute Gasteiger partial charge is 0.396 e. The summed E-state index contributed by atoms with van der Waals surface area (Å²) in [4.78, 5) is 16.5. The molecule has 0 aromatic carbocycles. The second-order valence-corrected chi connectivity index (χ2v) is 5.62. The number of hydrogen-bond acceptors (Lipinski definition) is 6. The van der Waals surface area contributed by atoms with Crippen molar-refractivity contribution in [2.45, 2.75) is 11.4 Å². The fraction of sp³-hybridized carbons (Fsp3) is 0.167. The van der Waals surface area contributed by atoms with E-state index in [-0.39, 0.29) is 0 Å². The summed E-state index contributed by atoms with van der Waals surface area (Å²) in [5.41, 5.74) is 12.8. The van der Waals surface area contributed by atoms with Gasteiger partial charge < -0.3 is 16.8 Å². The first-order chi connectivity index (χ1) is 9.13. The van der Waals surface area contributed by atoms with Crippen molar-refractivity contribution in [3.05, 3.63) is 35.0 Å². The average Bonchev–Trinajstić information content (AvgIpc) is 2.74. The van der Waals surface area contributed by atoms with Gasteiger partial charge in [-0.1, -0.05) is 0 Å². The van der Waals surface area contributed by atoms with E-state index < -0.39 is 5.91 Å². The van der Waals surface area contributed by atoms with E-state index in [1.165, 1.54) is 23.1 Å². The van der Waals surface area contributed by atoms with E-state index >= 15 is 0 Å². The van der Waals surface area contributed by atoms with Gasteiger partial charge in [-0.3, -0.25) is 9.78 Å². The van der Waals surface area contributed by atoms with Gasteiger partial charge in [-0.2, -0.15) is 0 Å². The number of anilines is 2. The molecule has 7 heteroatoms. The van der Waals surface area contributed by atoms with Crippen LogP contribution >= 0.6 is 23.1 Å². The Bertz CT molecular complexity index is 583. The van der Waals surface area contributed by atoms with Crippen LogP contribution in [0.25, 0.3) is 0 Å². The fourth-order valence-electron chi connectivity index (χ4n) is 1.61. The summed E-state index contributed by atoms with van der Waals surface area (Å²) in [6.45, 7) is 0.647. The van der Waals surface area contributed by atoms with Crippen LogP contribution in [0.5, 0.6) is 0 Å². The van der Waals surface area contributed by atoms with Gasteiger partial charge in [-0.25, -0.2) is 0 Å². The summed E-state index contributed by atoms with van der Waals surface area (Å²) >= 11 is 2.79. The number of aromatic nitrogens is 1. The number of nitrogens with one attached hydrogen (secondary N) is 1. The van der Waals surface area contributed by atoms with Gasteiger partial charge in [-0.05, 0) is 24.0 Å². The molecule has 0 aliphatic heterocycles. The van der Waals surface area contributed by atoms with Crippen molar-refractivity contribution in [2.24, 2.45) is 5.73 Å². The van der Waals surface area contributed by atoms with Crippen LogP contribution in [0.4, 0.5) is 10.7 Å². The molecule has 5 nitrogen and oxygen atoms in total. The Hall–Kier alpha value is -1.73. The minimum Gasteiger partial charge on any atom is -0.396 e. The maximum atomic E-state index is 11.3. The number of pyridine rings is 1. The highest BCUT2D eigenvalue weighted by Gasteiger charge is 2.18. The third kappa shape index (κ3) is 2.99. The molecule has 0 saturated carbocycles. The van der Waals surface area contributed by atoms with E-state index in [0.717, 1.165) is 15.5 Å². The molecule has 0 bridgehead atoms. The Morgan fingerprint density at radius 1 is 1.47 bits per heavy atom. The van der Waals surface area contributed by atoms with Gasteiger partial charge in [-0.15, -0.1) is 23.1 Å². The van der Waals surface area contributed by atoms with Crippen LogP contribution in [0.1, 0.15) is 15.2 Å². The fourth-order valence-corrected chi connectivity index (χ4v) is 3.50. The first-order valence-corrected chi connectivity index (χ1v) is 7.56. The summed E-state index contributed by atoms with van der Waals surface area (Å²) in [5, 5.41) is 4.15. The molecule has 2 aromatic rings. The van der Waals surface area contributed by atoms with Gasteiger partial charge in [0.1, 0.15) is 9.88 Å². The van der Waals surface area contributed by atoms with Gasteiger partial charge in [0.2, 0.25) is 0 Å². The number of carbonyl (C=O) groups excluding carboxylic acids is 1. The van der Waals surface area contributed by atoms with Crippen LogP contribution in [-0.4, -0.2) is 17.1 Å². The van der Waals surface area contributed by atoms with Gasteiger partial charge >= 0.3 is 0 Å². The minimum atomic E-state index is -0.491.